The molecule has 2 aromatic carbocycles. The van der Waals surface area contributed by atoms with E-state index in [4.69, 9.17) is 20.3 Å². The Hall–Kier alpha value is -4.29. The number of hydrogen-bond acceptors (Lipinski definition) is 8. The number of morpholine rings is 1. The van der Waals surface area contributed by atoms with Crippen LogP contribution < -0.4 is 15.4 Å². The Morgan fingerprint density at radius 1 is 1.14 bits per heavy atom. The molecule has 4 heterocycles. The van der Waals surface area contributed by atoms with Crippen molar-refractivity contribution in [2.45, 2.75) is 44.5 Å². The van der Waals surface area contributed by atoms with Gasteiger partial charge in [-0.1, -0.05) is 0 Å². The summed E-state index contributed by atoms with van der Waals surface area (Å²) >= 11 is 0. The van der Waals surface area contributed by atoms with Crippen molar-refractivity contribution in [1.82, 2.24) is 14.8 Å². The van der Waals surface area contributed by atoms with Crippen LogP contribution in [0.3, 0.4) is 0 Å². The lowest BCUT2D eigenvalue weighted by molar-refractivity contribution is -0.137. The van der Waals surface area contributed by atoms with E-state index in [0.29, 0.717) is 48.7 Å². The van der Waals surface area contributed by atoms with Gasteiger partial charge in [-0.25, -0.2) is 9.37 Å². The Balaban J connectivity index is 1.07. The van der Waals surface area contributed by atoms with Crippen molar-refractivity contribution >= 4 is 34.5 Å². The van der Waals surface area contributed by atoms with Crippen LogP contribution in [0.1, 0.15) is 40.7 Å². The van der Waals surface area contributed by atoms with Gasteiger partial charge >= 0.3 is 5.97 Å². The van der Waals surface area contributed by atoms with Crippen LogP contribution in [0.2, 0.25) is 0 Å². The predicted molar refractivity (Wildman–Crippen MR) is 155 cm³/mol. The number of amides is 2. The number of primary amides is 1. The number of carbonyl (C=O) groups is 3. The third-order valence-corrected chi connectivity index (χ3v) is 8.31. The van der Waals surface area contributed by atoms with E-state index in [-0.39, 0.29) is 37.2 Å². The number of benzene rings is 2. The highest BCUT2D eigenvalue weighted by molar-refractivity contribution is 6.01. The van der Waals surface area contributed by atoms with Gasteiger partial charge in [0.05, 0.1) is 13.2 Å². The molecule has 2 atom stereocenters. The minimum atomic E-state index is -1.06. The van der Waals surface area contributed by atoms with E-state index in [2.05, 4.69) is 14.8 Å². The van der Waals surface area contributed by atoms with Gasteiger partial charge in [-0.05, 0) is 66.4 Å². The van der Waals surface area contributed by atoms with Gasteiger partial charge in [-0.2, -0.15) is 0 Å². The molecule has 3 aromatic rings. The lowest BCUT2D eigenvalue weighted by Gasteiger charge is -2.28. The fourth-order valence-electron chi connectivity index (χ4n) is 6.14. The summed E-state index contributed by atoms with van der Waals surface area (Å²) in [5.41, 5.74) is 7.89. The monoisotopic (exact) mass is 591 g/mol. The van der Waals surface area contributed by atoms with Gasteiger partial charge in [-0.3, -0.25) is 19.3 Å². The van der Waals surface area contributed by atoms with E-state index in [1.54, 1.807) is 24.3 Å². The maximum atomic E-state index is 15.1. The minimum Gasteiger partial charge on any atom is -0.489 e. The molecule has 3 aliphatic heterocycles. The third kappa shape index (κ3) is 6.25. The third-order valence-electron chi connectivity index (χ3n) is 8.31. The van der Waals surface area contributed by atoms with Crippen molar-refractivity contribution in [2.24, 2.45) is 5.73 Å². The number of carboxylic acids is 1. The second-order valence-corrected chi connectivity index (χ2v) is 11.3. The summed E-state index contributed by atoms with van der Waals surface area (Å²) in [6.45, 7) is 4.95. The van der Waals surface area contributed by atoms with Crippen LogP contribution in [0.5, 0.6) is 5.75 Å². The minimum absolute atomic E-state index is 0.0429. The molecule has 0 spiro atoms. The van der Waals surface area contributed by atoms with Crippen LogP contribution >= 0.6 is 0 Å². The largest absolute Gasteiger partial charge is 0.489 e. The highest BCUT2D eigenvalue weighted by Gasteiger charge is 2.36. The molecule has 3 N–H and O–H groups in total. The number of carbonyl (C=O) groups excluding carboxylic acids is 2. The first kappa shape index (κ1) is 28.8. The number of pyridine rings is 1. The highest BCUT2D eigenvalue weighted by atomic mass is 19.1. The molecule has 1 aromatic heterocycles. The molecule has 0 aliphatic carbocycles. The SMILES string of the molecule is NC(=O)C(CCC(=O)O)N1Cc2cc(OC3CCN(Cc4cc(F)c5nc(N6CCOCC6)ccc5c4)C3)ccc2C1=O. The maximum absolute atomic E-state index is 15.1. The number of nitrogens with two attached hydrogens (primary N) is 1. The molecule has 2 amide bonds. The lowest BCUT2D eigenvalue weighted by atomic mass is 10.1. The lowest BCUT2D eigenvalue weighted by Crippen LogP contribution is -2.45. The Labute approximate surface area is 248 Å². The zero-order valence-corrected chi connectivity index (χ0v) is 23.7. The summed E-state index contributed by atoms with van der Waals surface area (Å²) in [5, 5.41) is 9.77. The highest BCUT2D eigenvalue weighted by Crippen LogP contribution is 2.31. The number of aliphatic carboxylic acids is 1. The fourth-order valence-corrected chi connectivity index (χ4v) is 6.14. The normalized spacial score (nSPS) is 19.6. The molecule has 0 radical (unpaired) electrons. The van der Waals surface area contributed by atoms with Crippen LogP contribution in [0.4, 0.5) is 10.2 Å². The summed E-state index contributed by atoms with van der Waals surface area (Å²) < 4.78 is 26.8. The molecule has 3 aliphatic rings. The van der Waals surface area contributed by atoms with Crippen molar-refractivity contribution in [3.8, 4) is 5.75 Å². The second kappa shape index (κ2) is 12.1. The molecule has 11 nitrogen and oxygen atoms in total. The number of aromatic nitrogens is 1. The van der Waals surface area contributed by atoms with Crippen LogP contribution in [0.15, 0.2) is 42.5 Å². The van der Waals surface area contributed by atoms with E-state index < -0.39 is 17.9 Å². The first-order chi connectivity index (χ1) is 20.7. The van der Waals surface area contributed by atoms with Gasteiger partial charge in [-0.15, -0.1) is 0 Å². The topological polar surface area (TPSA) is 139 Å². The van der Waals surface area contributed by atoms with Crippen molar-refractivity contribution < 1.29 is 33.4 Å². The average molecular weight is 592 g/mol. The summed E-state index contributed by atoms with van der Waals surface area (Å²) in [6, 6.07) is 11.6. The molecule has 0 bridgehead atoms. The van der Waals surface area contributed by atoms with Crippen molar-refractivity contribution in [1.29, 1.82) is 0 Å². The summed E-state index contributed by atoms with van der Waals surface area (Å²) in [4.78, 5) is 46.2. The van der Waals surface area contributed by atoms with Crippen LogP contribution in [-0.2, 0) is 27.4 Å². The van der Waals surface area contributed by atoms with Crippen molar-refractivity contribution in [3.05, 3.63) is 65.0 Å². The standard InChI is InChI=1S/C31H34FN5O6/c32-25-14-19(13-20-1-5-27(34-29(20)25)36-9-11-42-12-10-36)16-35-8-7-23(18-35)43-22-2-3-24-21(15-22)17-37(31(24)41)26(30(33)40)4-6-28(38)39/h1-3,5,13-15,23,26H,4,6-12,16-18H2,(H2,33,40)(H,38,39). The number of halogens is 1. The number of nitrogens with zero attached hydrogens (tertiary/aromatic N) is 4. The molecule has 12 heteroatoms. The van der Waals surface area contributed by atoms with Gasteiger partial charge in [0, 0.05) is 56.6 Å². The molecule has 6 rings (SSSR count). The van der Waals surface area contributed by atoms with Crippen molar-refractivity contribution in [3.63, 3.8) is 0 Å². The first-order valence-electron chi connectivity index (χ1n) is 14.5. The van der Waals surface area contributed by atoms with E-state index >= 15 is 4.39 Å². The van der Waals surface area contributed by atoms with Crippen LogP contribution in [-0.4, -0.2) is 89.2 Å². The van der Waals surface area contributed by atoms with E-state index in [9.17, 15) is 14.4 Å². The number of ether oxygens (including phenoxy) is 2. The van der Waals surface area contributed by atoms with Gasteiger partial charge in [0.1, 0.15) is 35.0 Å². The molecular weight excluding hydrogens is 557 g/mol. The van der Waals surface area contributed by atoms with Crippen molar-refractivity contribution in [2.75, 3.05) is 44.3 Å². The number of anilines is 1. The Bertz CT molecular complexity index is 1560. The summed E-state index contributed by atoms with van der Waals surface area (Å²) in [6.07, 6.45) is 0.405. The number of rotatable bonds is 10. The second-order valence-electron chi connectivity index (χ2n) is 11.3. The smallest absolute Gasteiger partial charge is 0.303 e. The number of hydrogen-bond donors (Lipinski definition) is 2. The summed E-state index contributed by atoms with van der Waals surface area (Å²) in [7, 11) is 0. The molecule has 2 fully saturated rings. The number of likely N-dealkylation sites (tertiary alicyclic amines) is 1. The molecule has 226 valence electrons. The van der Waals surface area contributed by atoms with Gasteiger partial charge < -0.3 is 30.1 Å². The quantitative estimate of drug-likeness (QED) is 0.364. The number of fused-ring (bicyclic) bond motifs is 2. The number of carboxylic acid groups (broad SMARTS) is 1. The molecule has 0 saturated carbocycles. The van der Waals surface area contributed by atoms with E-state index in [1.807, 2.05) is 18.2 Å². The zero-order valence-electron chi connectivity index (χ0n) is 23.7. The van der Waals surface area contributed by atoms with Gasteiger partial charge in [0.2, 0.25) is 5.91 Å². The first-order valence-corrected chi connectivity index (χ1v) is 14.5. The predicted octanol–water partition coefficient (Wildman–Crippen LogP) is 2.54. The van der Waals surface area contributed by atoms with E-state index in [1.165, 1.54) is 4.90 Å². The Morgan fingerprint density at radius 3 is 2.72 bits per heavy atom. The zero-order chi connectivity index (χ0) is 30.1. The van der Waals surface area contributed by atoms with Crippen LogP contribution in [0, 0.1) is 5.82 Å². The molecule has 43 heavy (non-hydrogen) atoms. The molecule has 2 unspecified atom stereocenters. The molecule has 2 saturated heterocycles. The summed E-state index contributed by atoms with van der Waals surface area (Å²) in [5.74, 6) is -1.10. The fraction of sp³-hybridized carbons (Fsp3) is 0.419. The van der Waals surface area contributed by atoms with Gasteiger partial charge in [0.15, 0.2) is 0 Å². The maximum Gasteiger partial charge on any atom is 0.303 e. The average Bonchev–Trinajstić information content (AvgIpc) is 3.56. The van der Waals surface area contributed by atoms with Gasteiger partial charge in [0.25, 0.3) is 5.91 Å². The molecular formula is C31H34FN5O6. The Morgan fingerprint density at radius 2 is 1.95 bits per heavy atom. The van der Waals surface area contributed by atoms with Crippen LogP contribution in [0.25, 0.3) is 10.9 Å². The van der Waals surface area contributed by atoms with E-state index in [0.717, 1.165) is 42.8 Å². The Kier molecular flexibility index (Phi) is 8.13.